The Kier molecular flexibility index (Phi) is 7.02. The van der Waals surface area contributed by atoms with Gasteiger partial charge in [-0.2, -0.15) is 0 Å². The van der Waals surface area contributed by atoms with E-state index in [0.717, 1.165) is 11.1 Å². The van der Waals surface area contributed by atoms with Crippen LogP contribution in [0.1, 0.15) is 27.0 Å². The van der Waals surface area contributed by atoms with Crippen molar-refractivity contribution in [3.63, 3.8) is 0 Å². The zero-order valence-corrected chi connectivity index (χ0v) is 16.4. The molecule has 142 valence electrons. The number of benzene rings is 2. The fourth-order valence-corrected chi connectivity index (χ4v) is 2.68. The van der Waals surface area contributed by atoms with Gasteiger partial charge in [0, 0.05) is 11.6 Å². The number of aryl methyl sites for hydroxylation is 2. The highest BCUT2D eigenvalue weighted by atomic mass is 35.5. The van der Waals surface area contributed by atoms with E-state index in [1.54, 1.807) is 24.3 Å². The molecule has 27 heavy (non-hydrogen) atoms. The topological polar surface area (TPSA) is 61.8 Å². The first-order valence-corrected chi connectivity index (χ1v) is 8.60. The Morgan fingerprint density at radius 3 is 2.41 bits per heavy atom. The Bertz CT molecular complexity index is 886. The molecular formula is C21H21ClO5. The van der Waals surface area contributed by atoms with Crippen molar-refractivity contribution in [3.05, 3.63) is 63.7 Å². The zero-order valence-electron chi connectivity index (χ0n) is 15.7. The van der Waals surface area contributed by atoms with Crippen LogP contribution in [0.15, 0.2) is 36.4 Å². The molecule has 0 aliphatic heterocycles. The average molecular weight is 389 g/mol. The van der Waals surface area contributed by atoms with Crippen molar-refractivity contribution < 1.29 is 23.8 Å². The number of hydrogen-bond acceptors (Lipinski definition) is 5. The summed E-state index contributed by atoms with van der Waals surface area (Å²) >= 11 is 6.12. The first-order chi connectivity index (χ1) is 12.8. The minimum absolute atomic E-state index is 0.256. The molecule has 0 aliphatic rings. The molecule has 6 heteroatoms. The van der Waals surface area contributed by atoms with Crippen LogP contribution in [0, 0.1) is 13.8 Å². The highest BCUT2D eigenvalue weighted by Gasteiger charge is 2.11. The highest BCUT2D eigenvalue weighted by molar-refractivity contribution is 6.32. The molecule has 2 aromatic rings. The van der Waals surface area contributed by atoms with Crippen LogP contribution in [0.25, 0.3) is 6.08 Å². The standard InChI is InChI=1S/C21H21ClO5/c1-13-5-7-16(9-14(13)2)18(23)12-27-20(24)8-6-15-10-17(22)21(26-4)19(11-15)25-3/h5-11H,12H2,1-4H3/b8-6+. The second-order valence-electron chi connectivity index (χ2n) is 5.90. The van der Waals surface area contributed by atoms with E-state index in [4.69, 9.17) is 25.8 Å². The van der Waals surface area contributed by atoms with Crippen LogP contribution in [0.5, 0.6) is 11.5 Å². The molecule has 0 saturated heterocycles. The van der Waals surface area contributed by atoms with Gasteiger partial charge >= 0.3 is 5.97 Å². The molecule has 0 heterocycles. The summed E-state index contributed by atoms with van der Waals surface area (Å²) in [7, 11) is 2.98. The van der Waals surface area contributed by atoms with E-state index in [0.29, 0.717) is 27.6 Å². The molecule has 0 unspecified atom stereocenters. The molecule has 2 aromatic carbocycles. The summed E-state index contributed by atoms with van der Waals surface area (Å²) in [4.78, 5) is 24.0. The Balaban J connectivity index is 2.00. The van der Waals surface area contributed by atoms with E-state index in [-0.39, 0.29) is 12.4 Å². The summed E-state index contributed by atoms with van der Waals surface area (Å²) in [6.45, 7) is 3.57. The van der Waals surface area contributed by atoms with Crippen molar-refractivity contribution in [1.82, 2.24) is 0 Å². The lowest BCUT2D eigenvalue weighted by Gasteiger charge is -2.10. The quantitative estimate of drug-likeness (QED) is 0.399. The lowest BCUT2D eigenvalue weighted by Crippen LogP contribution is -2.12. The van der Waals surface area contributed by atoms with Gasteiger partial charge in [0.05, 0.1) is 19.2 Å². The van der Waals surface area contributed by atoms with Crippen molar-refractivity contribution in [3.8, 4) is 11.5 Å². The lowest BCUT2D eigenvalue weighted by molar-refractivity contribution is -0.136. The predicted octanol–water partition coefficient (Wildman–Crippen LogP) is 4.41. The summed E-state index contributed by atoms with van der Waals surface area (Å²) in [6.07, 6.45) is 2.75. The Labute approximate surface area is 163 Å². The van der Waals surface area contributed by atoms with Crippen molar-refractivity contribution in [2.75, 3.05) is 20.8 Å². The number of ketones is 1. The largest absolute Gasteiger partial charge is 0.493 e. The zero-order chi connectivity index (χ0) is 20.0. The predicted molar refractivity (Wildman–Crippen MR) is 105 cm³/mol. The Morgan fingerprint density at radius 1 is 1.04 bits per heavy atom. The number of rotatable bonds is 7. The van der Waals surface area contributed by atoms with E-state index in [9.17, 15) is 9.59 Å². The van der Waals surface area contributed by atoms with Gasteiger partial charge in [0.2, 0.25) is 0 Å². The Hall–Kier alpha value is -2.79. The van der Waals surface area contributed by atoms with E-state index in [1.807, 2.05) is 19.9 Å². The van der Waals surface area contributed by atoms with Gasteiger partial charge in [-0.25, -0.2) is 4.79 Å². The normalized spacial score (nSPS) is 10.7. The molecule has 0 radical (unpaired) electrons. The van der Waals surface area contributed by atoms with Crippen molar-refractivity contribution in [2.24, 2.45) is 0 Å². The van der Waals surface area contributed by atoms with Crippen LogP contribution >= 0.6 is 11.6 Å². The first kappa shape index (κ1) is 20.5. The third-order valence-electron chi connectivity index (χ3n) is 4.04. The van der Waals surface area contributed by atoms with Crippen LogP contribution in [0.4, 0.5) is 0 Å². The summed E-state index contributed by atoms with van der Waals surface area (Å²) in [5.74, 6) is -0.0204. The van der Waals surface area contributed by atoms with E-state index < -0.39 is 5.97 Å². The summed E-state index contributed by atoms with van der Waals surface area (Å²) in [5, 5.41) is 0.356. The van der Waals surface area contributed by atoms with Crippen molar-refractivity contribution in [2.45, 2.75) is 13.8 Å². The molecule has 0 N–H and O–H groups in total. The molecular weight excluding hydrogens is 368 g/mol. The third kappa shape index (κ3) is 5.34. The fraction of sp³-hybridized carbons (Fsp3) is 0.238. The van der Waals surface area contributed by atoms with Gasteiger partial charge in [0.1, 0.15) is 0 Å². The SMILES string of the molecule is COc1cc(/C=C/C(=O)OCC(=O)c2ccc(C)c(C)c2)cc(Cl)c1OC. The maximum Gasteiger partial charge on any atom is 0.331 e. The molecule has 0 saturated carbocycles. The van der Waals surface area contributed by atoms with Gasteiger partial charge in [0.15, 0.2) is 23.9 Å². The van der Waals surface area contributed by atoms with Crippen LogP contribution in [0.3, 0.4) is 0 Å². The van der Waals surface area contributed by atoms with Gasteiger partial charge in [-0.05, 0) is 54.8 Å². The number of carbonyl (C=O) groups excluding carboxylic acids is 2. The number of halogens is 1. The number of ether oxygens (including phenoxy) is 3. The minimum atomic E-state index is -0.627. The van der Waals surface area contributed by atoms with E-state index >= 15 is 0 Å². The molecule has 0 bridgehead atoms. The second-order valence-corrected chi connectivity index (χ2v) is 6.31. The average Bonchev–Trinajstić information content (AvgIpc) is 2.65. The van der Waals surface area contributed by atoms with Gasteiger partial charge in [-0.15, -0.1) is 0 Å². The van der Waals surface area contributed by atoms with Gasteiger partial charge in [-0.3, -0.25) is 4.79 Å². The second kappa shape index (κ2) is 9.24. The maximum absolute atomic E-state index is 12.1. The number of methoxy groups -OCH3 is 2. The van der Waals surface area contributed by atoms with Gasteiger partial charge in [0.25, 0.3) is 0 Å². The number of hydrogen-bond donors (Lipinski definition) is 0. The first-order valence-electron chi connectivity index (χ1n) is 8.22. The van der Waals surface area contributed by atoms with E-state index in [1.165, 1.54) is 26.4 Å². The van der Waals surface area contributed by atoms with Gasteiger partial charge in [-0.1, -0.05) is 23.7 Å². The maximum atomic E-state index is 12.1. The third-order valence-corrected chi connectivity index (χ3v) is 4.32. The molecule has 0 amide bonds. The lowest BCUT2D eigenvalue weighted by atomic mass is 10.0. The summed E-state index contributed by atoms with van der Waals surface area (Å²) in [5.41, 5.74) is 3.26. The molecule has 0 aliphatic carbocycles. The number of esters is 1. The minimum Gasteiger partial charge on any atom is -0.493 e. The van der Waals surface area contributed by atoms with Crippen LogP contribution in [-0.2, 0) is 9.53 Å². The Morgan fingerprint density at radius 2 is 1.78 bits per heavy atom. The summed E-state index contributed by atoms with van der Waals surface area (Å²) in [6, 6.07) is 8.68. The molecule has 5 nitrogen and oxygen atoms in total. The highest BCUT2D eigenvalue weighted by Crippen LogP contribution is 2.36. The van der Waals surface area contributed by atoms with Gasteiger partial charge < -0.3 is 14.2 Å². The summed E-state index contributed by atoms with van der Waals surface area (Å²) < 4.78 is 15.4. The molecule has 0 atom stereocenters. The van der Waals surface area contributed by atoms with Crippen molar-refractivity contribution >= 4 is 29.4 Å². The smallest absolute Gasteiger partial charge is 0.331 e. The number of carbonyl (C=O) groups is 2. The van der Waals surface area contributed by atoms with Crippen LogP contribution in [0.2, 0.25) is 5.02 Å². The monoisotopic (exact) mass is 388 g/mol. The number of Topliss-reactive ketones (excluding diaryl/α,β-unsaturated/α-hetero) is 1. The van der Waals surface area contributed by atoms with Crippen LogP contribution in [-0.4, -0.2) is 32.6 Å². The van der Waals surface area contributed by atoms with E-state index in [2.05, 4.69) is 0 Å². The molecule has 0 spiro atoms. The molecule has 0 fully saturated rings. The fourth-order valence-electron chi connectivity index (χ4n) is 2.38. The van der Waals surface area contributed by atoms with Crippen molar-refractivity contribution in [1.29, 1.82) is 0 Å². The molecule has 0 aromatic heterocycles. The molecule has 2 rings (SSSR count). The van der Waals surface area contributed by atoms with Crippen LogP contribution < -0.4 is 9.47 Å².